The van der Waals surface area contributed by atoms with Gasteiger partial charge in [-0.3, -0.25) is 4.79 Å². The van der Waals surface area contributed by atoms with Gasteiger partial charge in [0.05, 0.1) is 14.2 Å². The molecule has 1 aliphatic heterocycles. The van der Waals surface area contributed by atoms with Gasteiger partial charge < -0.3 is 19.3 Å². The van der Waals surface area contributed by atoms with E-state index in [1.165, 1.54) is 0 Å². The van der Waals surface area contributed by atoms with Gasteiger partial charge in [0.25, 0.3) is 5.91 Å². The summed E-state index contributed by atoms with van der Waals surface area (Å²) in [7, 11) is 3.15. The maximum Gasteiger partial charge on any atom is 0.254 e. The molecule has 1 amide bonds. The summed E-state index contributed by atoms with van der Waals surface area (Å²) in [5.41, 5.74) is 0.610. The van der Waals surface area contributed by atoms with Gasteiger partial charge in [-0.05, 0) is 30.3 Å². The fraction of sp³-hybridized carbons (Fsp3) is 0.333. The van der Waals surface area contributed by atoms with Gasteiger partial charge in [-0.25, -0.2) is 4.98 Å². The largest absolute Gasteiger partial charge is 0.493 e. The van der Waals surface area contributed by atoms with Crippen molar-refractivity contribution in [2.75, 3.05) is 45.3 Å². The number of pyridine rings is 1. The molecule has 1 aromatic heterocycles. The first-order valence-electron chi connectivity index (χ1n) is 7.90. The fourth-order valence-electron chi connectivity index (χ4n) is 2.83. The zero-order valence-corrected chi connectivity index (χ0v) is 13.9. The summed E-state index contributed by atoms with van der Waals surface area (Å²) in [5, 5.41) is 0. The molecule has 1 aliphatic rings. The highest BCUT2D eigenvalue weighted by Crippen LogP contribution is 2.28. The van der Waals surface area contributed by atoms with E-state index >= 15 is 0 Å². The van der Waals surface area contributed by atoms with Crippen LogP contribution >= 0.6 is 0 Å². The number of hydrogen-bond acceptors (Lipinski definition) is 5. The number of benzene rings is 1. The molecule has 6 nitrogen and oxygen atoms in total. The Morgan fingerprint density at radius 3 is 2.38 bits per heavy atom. The van der Waals surface area contributed by atoms with Crippen molar-refractivity contribution >= 4 is 11.7 Å². The second-order valence-corrected chi connectivity index (χ2v) is 5.54. The smallest absolute Gasteiger partial charge is 0.254 e. The van der Waals surface area contributed by atoms with E-state index in [4.69, 9.17) is 9.47 Å². The van der Waals surface area contributed by atoms with Gasteiger partial charge in [-0.2, -0.15) is 0 Å². The van der Waals surface area contributed by atoms with E-state index in [1.807, 2.05) is 23.1 Å². The maximum atomic E-state index is 12.7. The molecule has 0 radical (unpaired) electrons. The van der Waals surface area contributed by atoms with E-state index in [0.717, 1.165) is 18.9 Å². The van der Waals surface area contributed by atoms with Gasteiger partial charge in [0.15, 0.2) is 11.5 Å². The monoisotopic (exact) mass is 327 g/mol. The predicted octanol–water partition coefficient (Wildman–Crippen LogP) is 2.06. The lowest BCUT2D eigenvalue weighted by atomic mass is 10.1. The van der Waals surface area contributed by atoms with Gasteiger partial charge in [-0.1, -0.05) is 6.07 Å². The van der Waals surface area contributed by atoms with E-state index < -0.39 is 0 Å². The van der Waals surface area contributed by atoms with Crippen LogP contribution in [0.25, 0.3) is 0 Å². The zero-order chi connectivity index (χ0) is 16.9. The Morgan fingerprint density at radius 2 is 1.75 bits per heavy atom. The topological polar surface area (TPSA) is 54.9 Å². The molecule has 1 fully saturated rings. The Labute approximate surface area is 141 Å². The number of anilines is 1. The molecule has 24 heavy (non-hydrogen) atoms. The van der Waals surface area contributed by atoms with Crippen molar-refractivity contribution in [3.05, 3.63) is 48.2 Å². The normalized spacial score (nSPS) is 14.4. The van der Waals surface area contributed by atoms with Crippen molar-refractivity contribution < 1.29 is 14.3 Å². The molecule has 0 N–H and O–H groups in total. The lowest BCUT2D eigenvalue weighted by Gasteiger charge is -2.35. The van der Waals surface area contributed by atoms with Gasteiger partial charge in [0, 0.05) is 37.9 Å². The fourth-order valence-corrected chi connectivity index (χ4v) is 2.83. The van der Waals surface area contributed by atoms with Crippen molar-refractivity contribution in [2.45, 2.75) is 0 Å². The van der Waals surface area contributed by atoms with E-state index in [1.54, 1.807) is 38.6 Å². The minimum absolute atomic E-state index is 0.0108. The van der Waals surface area contributed by atoms with Gasteiger partial charge in [0.1, 0.15) is 5.82 Å². The van der Waals surface area contributed by atoms with E-state index in [0.29, 0.717) is 30.2 Å². The first-order chi connectivity index (χ1) is 11.7. The molecule has 0 aliphatic carbocycles. The first-order valence-corrected chi connectivity index (χ1v) is 7.90. The molecular weight excluding hydrogens is 306 g/mol. The van der Waals surface area contributed by atoms with Gasteiger partial charge in [-0.15, -0.1) is 0 Å². The van der Waals surface area contributed by atoms with Crippen LogP contribution in [0.4, 0.5) is 5.82 Å². The van der Waals surface area contributed by atoms with Crippen molar-refractivity contribution in [2.24, 2.45) is 0 Å². The molecule has 3 rings (SSSR count). The maximum absolute atomic E-state index is 12.7. The molecule has 0 bridgehead atoms. The van der Waals surface area contributed by atoms with Crippen LogP contribution in [0.15, 0.2) is 42.6 Å². The first kappa shape index (κ1) is 16.1. The van der Waals surface area contributed by atoms with Gasteiger partial charge >= 0.3 is 0 Å². The van der Waals surface area contributed by atoms with Crippen LogP contribution in [-0.4, -0.2) is 56.2 Å². The van der Waals surface area contributed by atoms with Crippen molar-refractivity contribution in [1.82, 2.24) is 9.88 Å². The summed E-state index contributed by atoms with van der Waals surface area (Å²) in [6.45, 7) is 2.89. The van der Waals surface area contributed by atoms with Crippen LogP contribution in [0.3, 0.4) is 0 Å². The number of ether oxygens (including phenoxy) is 2. The number of rotatable bonds is 4. The Hall–Kier alpha value is -2.76. The number of amides is 1. The van der Waals surface area contributed by atoms with E-state index in [-0.39, 0.29) is 5.91 Å². The quantitative estimate of drug-likeness (QED) is 0.860. The molecule has 0 saturated carbocycles. The highest BCUT2D eigenvalue weighted by atomic mass is 16.5. The highest BCUT2D eigenvalue weighted by molar-refractivity contribution is 5.95. The molecule has 6 heteroatoms. The second kappa shape index (κ2) is 7.21. The van der Waals surface area contributed by atoms with E-state index in [9.17, 15) is 4.79 Å². The summed E-state index contributed by atoms with van der Waals surface area (Å²) < 4.78 is 10.5. The number of nitrogens with zero attached hydrogens (tertiary/aromatic N) is 3. The zero-order valence-electron chi connectivity index (χ0n) is 13.9. The average molecular weight is 327 g/mol. The lowest BCUT2D eigenvalue weighted by molar-refractivity contribution is 0.0746. The van der Waals surface area contributed by atoms with E-state index in [2.05, 4.69) is 9.88 Å². The summed E-state index contributed by atoms with van der Waals surface area (Å²) in [6, 6.07) is 11.1. The van der Waals surface area contributed by atoms with Crippen LogP contribution < -0.4 is 14.4 Å². The molecule has 0 atom stereocenters. The van der Waals surface area contributed by atoms with Crippen LogP contribution in [0.5, 0.6) is 11.5 Å². The lowest BCUT2D eigenvalue weighted by Crippen LogP contribution is -2.49. The molecule has 2 aromatic rings. The number of carbonyl (C=O) groups excluding carboxylic acids is 1. The third-order valence-corrected chi connectivity index (χ3v) is 4.17. The summed E-state index contributed by atoms with van der Waals surface area (Å²) in [5.74, 6) is 2.15. The summed E-state index contributed by atoms with van der Waals surface area (Å²) in [6.07, 6.45) is 1.79. The number of carbonyl (C=O) groups is 1. The number of piperazine rings is 1. The SMILES string of the molecule is COc1ccc(C(=O)N2CCN(c3ccccn3)CC2)cc1OC. The number of aromatic nitrogens is 1. The highest BCUT2D eigenvalue weighted by Gasteiger charge is 2.23. The standard InChI is InChI=1S/C18H21N3O3/c1-23-15-7-6-14(13-16(15)24-2)18(22)21-11-9-20(10-12-21)17-5-3-4-8-19-17/h3-8,13H,9-12H2,1-2H3. The Bertz CT molecular complexity index is 698. The molecule has 0 unspecified atom stereocenters. The molecule has 1 aromatic carbocycles. The van der Waals surface area contributed by atoms with Crippen LogP contribution in [-0.2, 0) is 0 Å². The summed E-state index contributed by atoms with van der Waals surface area (Å²) >= 11 is 0. The molecule has 1 saturated heterocycles. The molecular formula is C18H21N3O3. The minimum Gasteiger partial charge on any atom is -0.493 e. The molecule has 2 heterocycles. The Kier molecular flexibility index (Phi) is 4.84. The number of hydrogen-bond donors (Lipinski definition) is 0. The number of methoxy groups -OCH3 is 2. The Balaban J connectivity index is 1.67. The van der Waals surface area contributed by atoms with Crippen molar-refractivity contribution in [3.63, 3.8) is 0 Å². The molecule has 0 spiro atoms. The second-order valence-electron chi connectivity index (χ2n) is 5.54. The van der Waals surface area contributed by atoms with Gasteiger partial charge in [0.2, 0.25) is 0 Å². The minimum atomic E-state index is 0.0108. The Morgan fingerprint density at radius 1 is 1.00 bits per heavy atom. The van der Waals surface area contributed by atoms with Crippen LogP contribution in [0, 0.1) is 0 Å². The summed E-state index contributed by atoms with van der Waals surface area (Å²) in [4.78, 5) is 21.1. The van der Waals surface area contributed by atoms with Crippen LogP contribution in [0.1, 0.15) is 10.4 Å². The van der Waals surface area contributed by atoms with Crippen LogP contribution in [0.2, 0.25) is 0 Å². The predicted molar refractivity (Wildman–Crippen MR) is 91.9 cm³/mol. The van der Waals surface area contributed by atoms with Crippen molar-refractivity contribution in [1.29, 1.82) is 0 Å². The van der Waals surface area contributed by atoms with Crippen molar-refractivity contribution in [3.8, 4) is 11.5 Å². The third kappa shape index (κ3) is 3.27. The average Bonchev–Trinajstić information content (AvgIpc) is 2.67. The molecule has 126 valence electrons. The third-order valence-electron chi connectivity index (χ3n) is 4.17.